The number of benzene rings is 16. The van der Waals surface area contributed by atoms with E-state index in [1.807, 2.05) is 103 Å². The lowest BCUT2D eigenvalue weighted by molar-refractivity contribution is 0.957. The normalized spacial score (nSPS) is 11.5. The van der Waals surface area contributed by atoms with Crippen LogP contribution in [0.4, 0.5) is 0 Å². The molecule has 0 spiro atoms. The van der Waals surface area contributed by atoms with E-state index in [-0.39, 0.29) is 0 Å². The van der Waals surface area contributed by atoms with Crippen molar-refractivity contribution in [3.05, 3.63) is 456 Å². The predicted molar refractivity (Wildman–Crippen MR) is 565 cm³/mol. The van der Waals surface area contributed by atoms with Gasteiger partial charge in [-0.05, 0) is 84.9 Å². The molecule has 13 heterocycles. The van der Waals surface area contributed by atoms with Crippen LogP contribution in [0.25, 0.3) is 251 Å². The molecule has 21 heteroatoms. The highest BCUT2D eigenvalue weighted by Crippen LogP contribution is 2.43. The summed E-state index contributed by atoms with van der Waals surface area (Å²) in [6, 6.07) is 143. The number of hydrogen-bond acceptors (Lipinski definition) is 16. The van der Waals surface area contributed by atoms with Gasteiger partial charge in [0.15, 0.2) is 51.1 Å². The van der Waals surface area contributed by atoms with Gasteiger partial charge in [-0.2, -0.15) is 15.0 Å². The Hall–Kier alpha value is -19.8. The number of aromatic nitrogens is 21. The predicted octanol–water partition coefficient (Wildman–Crippen LogP) is 27.2. The van der Waals surface area contributed by atoms with E-state index in [0.717, 1.165) is 139 Å². The summed E-state index contributed by atoms with van der Waals surface area (Å²) >= 11 is 0. The minimum Gasteiger partial charge on any atom is -0.309 e. The third-order valence-corrected chi connectivity index (χ3v) is 25.8. The van der Waals surface area contributed by atoms with Gasteiger partial charge in [0.1, 0.15) is 23.1 Å². The van der Waals surface area contributed by atoms with Gasteiger partial charge >= 0.3 is 0 Å². The zero-order chi connectivity index (χ0) is 93.2. The highest BCUT2D eigenvalue weighted by molar-refractivity contribution is 6.14. The molecule has 13 aromatic heterocycles. The number of rotatable bonds is 11. The third-order valence-electron chi connectivity index (χ3n) is 25.8. The Bertz CT molecular complexity index is 9640. The topological polar surface area (TPSA) is 231 Å². The largest absolute Gasteiger partial charge is 0.309 e. The number of para-hydroxylation sites is 10. The SMILES string of the molecule is c1ccc(-c2nc3nc(-n4c5ccccc5c5ccccc54)nc(-c4ccccc4)c3nc2-c2ccccc2)cc1.c1ccc(-c2nc3ncnc(-n4c5ccccc5c5ccccc54)c3nc2-c2ccccc2)cc1.c1ccc2c(c1)c1ccccc1n2-c1ccc(-c2ncc3nccnc3n2)cc1.c1ccc2c(c1)c1ccccc1n2-c1nc(-n2c3ccccc3c3ccccc32)c2nccnc2n1. The van der Waals surface area contributed by atoms with Crippen LogP contribution in [0.1, 0.15) is 0 Å². The summed E-state index contributed by atoms with van der Waals surface area (Å²) in [4.78, 5) is 77.1. The van der Waals surface area contributed by atoms with Crippen molar-refractivity contribution in [2.45, 2.75) is 0 Å². The molecule has 0 N–H and O–H groups in total. The van der Waals surface area contributed by atoms with E-state index in [9.17, 15) is 0 Å². The first kappa shape index (κ1) is 81.9. The lowest BCUT2D eigenvalue weighted by Gasteiger charge is -2.14. The molecule has 0 aliphatic rings. The standard InChI is InChI=1S/C36H23N5.C30H18N6.C30H19N5.C24H15N5/c1-4-14-24(15-5-1)31-32(25-16-6-2-7-17-25)38-35-34(37-31)33(26-18-8-3-9-19-26)39-36(40-35)41-29-22-12-10-20-27(29)28-21-11-13-23-30(28)41;1-5-13-23-19(9-1)20-10-2-6-14-24(20)35(23)29-27-28(32-18-17-31-27)33-30(34-29)36-25-15-7-3-11-21(25)22-12-4-8-16-26(22)36;1-3-11-20(12-4-1)26-27(21-13-5-2-6-14-21)34-29-28(33-26)30(32-19-31-29)35-24-17-9-7-15-22(24)23-16-8-10-18-25(23)35;1-3-7-21-18(5-1)19-6-2-4-8-22(19)29(21)17-11-9-16(10-12-17)23-27-15-20-24(28-23)26-14-13-25-20/h1-23H;1-18H;1-19H;1-15H. The average molecular weight is 1810 g/mol. The smallest absolute Gasteiger partial charge is 0.238 e. The lowest BCUT2D eigenvalue weighted by atomic mass is 10.0. The molecule has 21 nitrogen and oxygen atoms in total. The van der Waals surface area contributed by atoms with Crippen molar-refractivity contribution in [1.82, 2.24) is 103 Å². The number of hydrogen-bond donors (Lipinski definition) is 0. The van der Waals surface area contributed by atoms with Gasteiger partial charge in [0, 0.05) is 118 Å². The van der Waals surface area contributed by atoms with E-state index in [1.54, 1.807) is 37.3 Å². The van der Waals surface area contributed by atoms with Gasteiger partial charge < -0.3 is 4.57 Å². The molecular weight excluding hydrogens is 1740 g/mol. The van der Waals surface area contributed by atoms with Crippen molar-refractivity contribution in [3.63, 3.8) is 0 Å². The summed E-state index contributed by atoms with van der Waals surface area (Å²) in [7, 11) is 0. The van der Waals surface area contributed by atoms with E-state index in [1.165, 1.54) is 43.4 Å². The molecule has 0 fully saturated rings. The molecule has 0 saturated carbocycles. The molecule has 29 aromatic rings. The summed E-state index contributed by atoms with van der Waals surface area (Å²) in [5.41, 5.74) is 26.7. The minimum atomic E-state index is 0.550. The Balaban J connectivity index is 0.0000000971. The van der Waals surface area contributed by atoms with Gasteiger partial charge in [0.25, 0.3) is 0 Å². The zero-order valence-corrected chi connectivity index (χ0v) is 75.2. The fourth-order valence-corrected chi connectivity index (χ4v) is 19.6. The highest BCUT2D eigenvalue weighted by atomic mass is 15.2. The van der Waals surface area contributed by atoms with Gasteiger partial charge in [0.2, 0.25) is 11.9 Å². The third kappa shape index (κ3) is 14.4. The van der Waals surface area contributed by atoms with Crippen molar-refractivity contribution in [1.29, 1.82) is 0 Å². The Morgan fingerprint density at radius 2 is 0.468 bits per heavy atom. The maximum atomic E-state index is 5.25. The quantitative estimate of drug-likeness (QED) is 0.117. The first-order valence-corrected chi connectivity index (χ1v) is 46.4. The molecular formula is C120H75N21. The number of nitrogens with zero attached hydrogens (tertiary/aromatic N) is 21. The van der Waals surface area contributed by atoms with Crippen LogP contribution in [-0.2, 0) is 0 Å². The van der Waals surface area contributed by atoms with E-state index < -0.39 is 0 Å². The van der Waals surface area contributed by atoms with Crippen LogP contribution in [0.3, 0.4) is 0 Å². The van der Waals surface area contributed by atoms with Gasteiger partial charge in [-0.15, -0.1) is 0 Å². The molecule has 16 aromatic carbocycles. The fourth-order valence-electron chi connectivity index (χ4n) is 19.6. The van der Waals surface area contributed by atoms with Crippen LogP contribution in [0.5, 0.6) is 0 Å². The molecule has 0 bridgehead atoms. The second kappa shape index (κ2) is 34.9. The second-order valence-electron chi connectivity index (χ2n) is 34.0. The van der Waals surface area contributed by atoms with Crippen LogP contribution in [0.15, 0.2) is 456 Å². The van der Waals surface area contributed by atoms with E-state index in [2.05, 4.69) is 373 Å². The maximum absolute atomic E-state index is 5.25. The molecule has 660 valence electrons. The molecule has 29 rings (SSSR count). The molecule has 0 radical (unpaired) electrons. The first-order valence-electron chi connectivity index (χ1n) is 46.4. The zero-order valence-electron chi connectivity index (χ0n) is 75.2. The summed E-state index contributed by atoms with van der Waals surface area (Å²) < 4.78 is 10.9. The molecule has 0 unspecified atom stereocenters. The van der Waals surface area contributed by atoms with Crippen LogP contribution in [0, 0.1) is 0 Å². The van der Waals surface area contributed by atoms with Crippen molar-refractivity contribution < 1.29 is 0 Å². The highest BCUT2D eigenvalue weighted by Gasteiger charge is 2.27. The van der Waals surface area contributed by atoms with Crippen molar-refractivity contribution in [2.75, 3.05) is 0 Å². The summed E-state index contributed by atoms with van der Waals surface area (Å²) in [6.45, 7) is 0. The number of fused-ring (bicyclic) bond motifs is 19. The van der Waals surface area contributed by atoms with Gasteiger partial charge in [-0.3, -0.25) is 18.3 Å². The molecule has 141 heavy (non-hydrogen) atoms. The van der Waals surface area contributed by atoms with Crippen LogP contribution in [-0.4, -0.2) is 103 Å². The van der Waals surface area contributed by atoms with Crippen LogP contribution < -0.4 is 0 Å². The average Bonchev–Trinajstić information content (AvgIpc) is 1.61. The van der Waals surface area contributed by atoms with Crippen LogP contribution in [0.2, 0.25) is 0 Å². The van der Waals surface area contributed by atoms with Crippen LogP contribution >= 0.6 is 0 Å². The molecule has 0 saturated heterocycles. The monoisotopic (exact) mass is 1810 g/mol. The van der Waals surface area contributed by atoms with Gasteiger partial charge in [-0.1, -0.05) is 334 Å². The van der Waals surface area contributed by atoms with E-state index in [4.69, 9.17) is 44.9 Å². The Kier molecular flexibility index (Phi) is 20.3. The Morgan fingerprint density at radius 3 is 0.879 bits per heavy atom. The molecule has 0 aliphatic carbocycles. The molecule has 0 aliphatic heterocycles. The summed E-state index contributed by atoms with van der Waals surface area (Å²) in [5.74, 6) is 3.21. The van der Waals surface area contributed by atoms with Crippen molar-refractivity contribution in [3.8, 4) is 96.9 Å². The maximum Gasteiger partial charge on any atom is 0.238 e. The van der Waals surface area contributed by atoms with Crippen molar-refractivity contribution >= 4 is 154 Å². The van der Waals surface area contributed by atoms with Crippen molar-refractivity contribution in [2.24, 2.45) is 0 Å². The van der Waals surface area contributed by atoms with Gasteiger partial charge in [-0.25, -0.2) is 64.8 Å². The first-order chi connectivity index (χ1) is 70.0. The molecule has 0 amide bonds. The Labute approximate surface area is 803 Å². The molecule has 0 atom stereocenters. The summed E-state index contributed by atoms with van der Waals surface area (Å²) in [5, 5.41) is 11.8. The second-order valence-corrected chi connectivity index (χ2v) is 34.0. The minimum absolute atomic E-state index is 0.550. The van der Waals surface area contributed by atoms with E-state index in [0.29, 0.717) is 68.2 Å². The Morgan fingerprint density at radius 1 is 0.163 bits per heavy atom. The lowest BCUT2D eigenvalue weighted by Crippen LogP contribution is -2.08. The van der Waals surface area contributed by atoms with Gasteiger partial charge in [0.05, 0.1) is 84.1 Å². The fraction of sp³-hybridized carbons (Fsp3) is 0. The summed E-state index contributed by atoms with van der Waals surface area (Å²) in [6.07, 6.45) is 9.96. The van der Waals surface area contributed by atoms with E-state index >= 15 is 0 Å².